The van der Waals surface area contributed by atoms with Crippen LogP contribution in [0.1, 0.15) is 15.9 Å². The van der Waals surface area contributed by atoms with Gasteiger partial charge in [0.2, 0.25) is 0 Å². The van der Waals surface area contributed by atoms with Crippen molar-refractivity contribution < 1.29 is 9.90 Å². The molecule has 0 unspecified atom stereocenters. The minimum atomic E-state index is -0.242. The van der Waals surface area contributed by atoms with Crippen molar-refractivity contribution in [1.29, 1.82) is 0 Å². The Hall–Kier alpha value is -2.77. The van der Waals surface area contributed by atoms with Gasteiger partial charge in [0.15, 0.2) is 0 Å². The monoisotopic (exact) mass is 266 g/mol. The van der Waals surface area contributed by atoms with Gasteiger partial charge in [-0.2, -0.15) is 0 Å². The number of carbonyl (C=O) groups is 1. The van der Waals surface area contributed by atoms with Crippen molar-refractivity contribution in [2.24, 2.45) is 5.73 Å². The Morgan fingerprint density at radius 3 is 2.65 bits per heavy atom. The number of nitrogens with one attached hydrogen (secondary N) is 1. The standard InChI is InChI=1S/C16H14N2O2/c17-10-2-4-12-3-1-5-14(11-12)18-16(20)13-6-8-15(19)9-7-13/h1,3,5-9,11,19H,10,17H2,(H,18,20). The van der Waals surface area contributed by atoms with Gasteiger partial charge in [-0.1, -0.05) is 17.9 Å². The molecule has 0 spiro atoms. The van der Waals surface area contributed by atoms with E-state index in [0.717, 1.165) is 5.56 Å². The molecule has 0 saturated heterocycles. The summed E-state index contributed by atoms with van der Waals surface area (Å²) in [7, 11) is 0. The van der Waals surface area contributed by atoms with Crippen molar-refractivity contribution in [2.45, 2.75) is 0 Å². The molecule has 0 bridgehead atoms. The van der Waals surface area contributed by atoms with E-state index in [1.54, 1.807) is 24.3 Å². The van der Waals surface area contributed by atoms with Crippen LogP contribution >= 0.6 is 0 Å². The molecule has 4 nitrogen and oxygen atoms in total. The van der Waals surface area contributed by atoms with Crippen LogP contribution in [-0.4, -0.2) is 17.6 Å². The number of amides is 1. The highest BCUT2D eigenvalue weighted by molar-refractivity contribution is 6.04. The predicted octanol–water partition coefficient (Wildman–Crippen LogP) is 1.95. The molecule has 0 saturated carbocycles. The van der Waals surface area contributed by atoms with Gasteiger partial charge in [-0.3, -0.25) is 4.79 Å². The topological polar surface area (TPSA) is 75.3 Å². The van der Waals surface area contributed by atoms with Crippen LogP contribution in [-0.2, 0) is 0 Å². The molecule has 1 amide bonds. The van der Waals surface area contributed by atoms with Gasteiger partial charge < -0.3 is 16.2 Å². The molecule has 0 radical (unpaired) electrons. The second-order valence-corrected chi connectivity index (χ2v) is 4.09. The highest BCUT2D eigenvalue weighted by Crippen LogP contribution is 2.14. The Kier molecular flexibility index (Phi) is 4.38. The molecule has 0 aromatic heterocycles. The van der Waals surface area contributed by atoms with Gasteiger partial charge >= 0.3 is 0 Å². The first-order valence-electron chi connectivity index (χ1n) is 6.08. The first-order chi connectivity index (χ1) is 9.69. The van der Waals surface area contributed by atoms with Gasteiger partial charge in [0.1, 0.15) is 5.75 Å². The third-order valence-electron chi connectivity index (χ3n) is 2.58. The van der Waals surface area contributed by atoms with Gasteiger partial charge in [-0.05, 0) is 42.5 Å². The molecular weight excluding hydrogens is 252 g/mol. The zero-order valence-corrected chi connectivity index (χ0v) is 10.8. The largest absolute Gasteiger partial charge is 0.508 e. The molecule has 2 rings (SSSR count). The van der Waals surface area contributed by atoms with Crippen molar-refractivity contribution >= 4 is 11.6 Å². The molecular formula is C16H14N2O2. The highest BCUT2D eigenvalue weighted by Gasteiger charge is 2.05. The second-order valence-electron chi connectivity index (χ2n) is 4.09. The van der Waals surface area contributed by atoms with Crippen molar-refractivity contribution in [1.82, 2.24) is 0 Å². The summed E-state index contributed by atoms with van der Waals surface area (Å²) in [5.74, 6) is 5.55. The molecule has 20 heavy (non-hydrogen) atoms. The minimum Gasteiger partial charge on any atom is -0.508 e. The zero-order chi connectivity index (χ0) is 14.4. The summed E-state index contributed by atoms with van der Waals surface area (Å²) < 4.78 is 0. The van der Waals surface area contributed by atoms with E-state index in [0.29, 0.717) is 17.8 Å². The number of hydrogen-bond acceptors (Lipinski definition) is 3. The SMILES string of the molecule is NCC#Cc1cccc(NC(=O)c2ccc(O)cc2)c1. The van der Waals surface area contributed by atoms with Crippen molar-refractivity contribution in [3.05, 3.63) is 59.7 Å². The Morgan fingerprint density at radius 2 is 1.95 bits per heavy atom. The maximum absolute atomic E-state index is 12.0. The maximum Gasteiger partial charge on any atom is 0.255 e. The lowest BCUT2D eigenvalue weighted by Crippen LogP contribution is -2.11. The third-order valence-corrected chi connectivity index (χ3v) is 2.58. The van der Waals surface area contributed by atoms with E-state index < -0.39 is 0 Å². The molecule has 4 N–H and O–H groups in total. The van der Waals surface area contributed by atoms with E-state index in [1.165, 1.54) is 12.1 Å². The van der Waals surface area contributed by atoms with Gasteiger partial charge in [0.05, 0.1) is 6.54 Å². The third kappa shape index (κ3) is 3.61. The lowest BCUT2D eigenvalue weighted by molar-refractivity contribution is 0.102. The van der Waals surface area contributed by atoms with E-state index in [4.69, 9.17) is 5.73 Å². The molecule has 2 aromatic carbocycles. The molecule has 4 heteroatoms. The van der Waals surface area contributed by atoms with Crippen LogP contribution in [0.4, 0.5) is 5.69 Å². The van der Waals surface area contributed by atoms with Crippen LogP contribution in [0.5, 0.6) is 5.75 Å². The van der Waals surface area contributed by atoms with Crippen LogP contribution in [0.15, 0.2) is 48.5 Å². The molecule has 0 aliphatic heterocycles. The highest BCUT2D eigenvalue weighted by atomic mass is 16.3. The van der Waals surface area contributed by atoms with Crippen LogP contribution in [0.3, 0.4) is 0 Å². The van der Waals surface area contributed by atoms with E-state index in [9.17, 15) is 9.90 Å². The van der Waals surface area contributed by atoms with Crippen molar-refractivity contribution in [3.63, 3.8) is 0 Å². The van der Waals surface area contributed by atoms with Gasteiger partial charge in [0.25, 0.3) is 5.91 Å². The average molecular weight is 266 g/mol. The van der Waals surface area contributed by atoms with Gasteiger partial charge in [0, 0.05) is 16.8 Å². The number of anilines is 1. The molecule has 0 heterocycles. The van der Waals surface area contributed by atoms with Crippen LogP contribution < -0.4 is 11.1 Å². The minimum absolute atomic E-state index is 0.126. The normalized spacial score (nSPS) is 9.45. The quantitative estimate of drug-likeness (QED) is 0.727. The first-order valence-corrected chi connectivity index (χ1v) is 6.08. The van der Waals surface area contributed by atoms with Gasteiger partial charge in [-0.25, -0.2) is 0 Å². The molecule has 0 aliphatic rings. The van der Waals surface area contributed by atoms with Gasteiger partial charge in [-0.15, -0.1) is 0 Å². The molecule has 2 aromatic rings. The summed E-state index contributed by atoms with van der Waals surface area (Å²) in [6, 6.07) is 13.3. The maximum atomic E-state index is 12.0. The first kappa shape index (κ1) is 13.7. The average Bonchev–Trinajstić information content (AvgIpc) is 2.46. The second kappa shape index (κ2) is 6.41. The Labute approximate surface area is 117 Å². The Bertz CT molecular complexity index is 667. The van der Waals surface area contributed by atoms with E-state index in [-0.39, 0.29) is 11.7 Å². The number of nitrogens with two attached hydrogens (primary N) is 1. The summed E-state index contributed by atoms with van der Waals surface area (Å²) in [5.41, 5.74) is 7.24. The number of benzene rings is 2. The fourth-order valence-corrected chi connectivity index (χ4v) is 1.64. The lowest BCUT2D eigenvalue weighted by atomic mass is 10.1. The molecule has 0 aliphatic carbocycles. The zero-order valence-electron chi connectivity index (χ0n) is 10.8. The van der Waals surface area contributed by atoms with Crippen LogP contribution in [0.25, 0.3) is 0 Å². The molecule has 0 fully saturated rings. The summed E-state index contributed by atoms with van der Waals surface area (Å²) in [5, 5.41) is 12.0. The summed E-state index contributed by atoms with van der Waals surface area (Å²) in [6.07, 6.45) is 0. The fourth-order valence-electron chi connectivity index (χ4n) is 1.64. The number of rotatable bonds is 2. The lowest BCUT2D eigenvalue weighted by Gasteiger charge is -2.05. The summed E-state index contributed by atoms with van der Waals surface area (Å²) in [6.45, 7) is 0.296. The molecule has 100 valence electrons. The Morgan fingerprint density at radius 1 is 1.20 bits per heavy atom. The summed E-state index contributed by atoms with van der Waals surface area (Å²) >= 11 is 0. The van der Waals surface area contributed by atoms with E-state index >= 15 is 0 Å². The Balaban J connectivity index is 2.13. The smallest absolute Gasteiger partial charge is 0.255 e. The van der Waals surface area contributed by atoms with Crippen LogP contribution in [0, 0.1) is 11.8 Å². The number of aromatic hydroxyl groups is 1. The van der Waals surface area contributed by atoms with E-state index in [2.05, 4.69) is 17.2 Å². The molecule has 0 atom stereocenters. The van der Waals surface area contributed by atoms with E-state index in [1.807, 2.05) is 12.1 Å². The van der Waals surface area contributed by atoms with Crippen molar-refractivity contribution in [2.75, 3.05) is 11.9 Å². The van der Waals surface area contributed by atoms with Crippen LogP contribution in [0.2, 0.25) is 0 Å². The number of phenolic OH excluding ortho intramolecular Hbond substituents is 1. The fraction of sp³-hybridized carbons (Fsp3) is 0.0625. The van der Waals surface area contributed by atoms with Crippen molar-refractivity contribution in [3.8, 4) is 17.6 Å². The number of carbonyl (C=O) groups excluding carboxylic acids is 1. The summed E-state index contributed by atoms with van der Waals surface area (Å²) in [4.78, 5) is 12.0. The predicted molar refractivity (Wildman–Crippen MR) is 78.4 cm³/mol. The number of phenols is 1. The number of hydrogen-bond donors (Lipinski definition) is 3.